The lowest BCUT2D eigenvalue weighted by atomic mass is 10.2. The second-order valence-corrected chi connectivity index (χ2v) is 11.6. The van der Waals surface area contributed by atoms with Crippen LogP contribution in [0.2, 0.25) is 0 Å². The highest BCUT2D eigenvalue weighted by Crippen LogP contribution is 2.44. The van der Waals surface area contributed by atoms with Gasteiger partial charge in [0.25, 0.3) is 0 Å². The van der Waals surface area contributed by atoms with E-state index < -0.39 is 10.2 Å². The molecule has 0 unspecified atom stereocenters. The quantitative estimate of drug-likeness (QED) is 0.290. The maximum Gasteiger partial charge on any atom is 0.197 e. The van der Waals surface area contributed by atoms with Crippen molar-refractivity contribution in [3.63, 3.8) is 0 Å². The number of aromatic nitrogens is 3. The fraction of sp³-hybridized carbons (Fsp3) is 0. The van der Waals surface area contributed by atoms with Crippen LogP contribution in [0.4, 0.5) is 33.0 Å². The van der Waals surface area contributed by atoms with E-state index in [-0.39, 0.29) is 0 Å². The summed E-state index contributed by atoms with van der Waals surface area (Å²) in [4.78, 5) is 20.3. The minimum Gasteiger partial charge on any atom is -0.335 e. The van der Waals surface area contributed by atoms with E-state index in [0.717, 1.165) is 53.7 Å². The normalized spacial score (nSPS) is 11.3. The van der Waals surface area contributed by atoms with Crippen molar-refractivity contribution in [2.45, 2.75) is 0 Å². The highest BCUT2D eigenvalue weighted by Gasteiger charge is 2.23. The van der Waals surface area contributed by atoms with Crippen molar-refractivity contribution in [3.8, 4) is 0 Å². The van der Waals surface area contributed by atoms with Gasteiger partial charge < -0.3 is 4.98 Å². The number of hydrogen-bond acceptors (Lipinski definition) is 10. The van der Waals surface area contributed by atoms with Gasteiger partial charge in [-0.25, -0.2) is 28.6 Å². The number of fused-ring (bicyclic) bond motifs is 3. The van der Waals surface area contributed by atoms with Gasteiger partial charge in [0, 0.05) is 22.7 Å². The smallest absolute Gasteiger partial charge is 0.197 e. The molecular weight excluding hydrogens is 594 g/mol. The standard InChI is InChI=1S/C30H21N5S2.ClHO4/c1-5-13-21(14-6-1)34(22-15-7-2-8-16-22)29-31-25-26-28(33-27(25)36-29)37-30(32-26)35(23-17-9-3-10-18-23)24-19-11-4-12-20-24;2-1(3,4)5/h1-20,33H;(H,2,3,4,5)/p-1. The lowest BCUT2D eigenvalue weighted by Gasteiger charge is -2.22. The number of thiazole rings is 2. The van der Waals surface area contributed by atoms with Gasteiger partial charge in [-0.2, -0.15) is 0 Å². The molecule has 0 bridgehead atoms. The monoisotopic (exact) mass is 614 g/mol. The zero-order chi connectivity index (χ0) is 29.1. The molecule has 0 saturated carbocycles. The number of para-hydroxylation sites is 4. The number of H-pyrrole nitrogens is 1. The van der Waals surface area contributed by atoms with Crippen LogP contribution in [-0.4, -0.2) is 15.0 Å². The molecule has 7 aromatic rings. The molecule has 42 heavy (non-hydrogen) atoms. The Labute approximate surface area is 250 Å². The van der Waals surface area contributed by atoms with E-state index in [9.17, 15) is 0 Å². The number of aromatic amines is 1. The van der Waals surface area contributed by atoms with Crippen LogP contribution >= 0.6 is 22.7 Å². The molecule has 7 rings (SSSR count). The molecule has 3 aromatic heterocycles. The Morgan fingerprint density at radius 1 is 0.476 bits per heavy atom. The van der Waals surface area contributed by atoms with Crippen molar-refractivity contribution in [1.29, 1.82) is 0 Å². The number of nitrogens with one attached hydrogen (secondary N) is 1. The molecule has 4 aromatic carbocycles. The molecule has 0 spiro atoms. The van der Waals surface area contributed by atoms with Crippen molar-refractivity contribution < 1.29 is 28.9 Å². The van der Waals surface area contributed by atoms with E-state index in [0.29, 0.717) is 0 Å². The fourth-order valence-electron chi connectivity index (χ4n) is 4.45. The molecule has 3 heterocycles. The Balaban J connectivity index is 0.000000585. The first-order chi connectivity index (χ1) is 20.3. The molecule has 0 aliphatic heterocycles. The van der Waals surface area contributed by atoms with Gasteiger partial charge in [0.15, 0.2) is 10.3 Å². The predicted molar refractivity (Wildman–Crippen MR) is 157 cm³/mol. The van der Waals surface area contributed by atoms with Crippen LogP contribution in [0.15, 0.2) is 121 Å². The Kier molecular flexibility index (Phi) is 7.87. The van der Waals surface area contributed by atoms with Gasteiger partial charge in [-0.3, -0.25) is 9.80 Å². The first-order valence-electron chi connectivity index (χ1n) is 12.6. The lowest BCUT2D eigenvalue weighted by Crippen LogP contribution is -2.68. The minimum absolute atomic E-state index is 0.899. The summed E-state index contributed by atoms with van der Waals surface area (Å²) in [6, 6.07) is 41.4. The van der Waals surface area contributed by atoms with E-state index in [4.69, 9.17) is 28.6 Å². The van der Waals surface area contributed by atoms with Crippen molar-refractivity contribution >= 4 is 76.4 Å². The van der Waals surface area contributed by atoms with Gasteiger partial charge in [-0.1, -0.05) is 95.5 Å². The van der Waals surface area contributed by atoms with Gasteiger partial charge >= 0.3 is 0 Å². The number of halogens is 1. The first-order valence-corrected chi connectivity index (χ1v) is 15.4. The van der Waals surface area contributed by atoms with Crippen LogP contribution in [0.3, 0.4) is 0 Å². The summed E-state index contributed by atoms with van der Waals surface area (Å²) in [5, 5.41) is 1.80. The lowest BCUT2D eigenvalue weighted by molar-refractivity contribution is -2.00. The third-order valence-electron chi connectivity index (χ3n) is 6.12. The number of benzene rings is 4. The molecule has 9 nitrogen and oxygen atoms in total. The maximum atomic E-state index is 8.49. The summed E-state index contributed by atoms with van der Waals surface area (Å²) in [5.74, 6) is 0. The van der Waals surface area contributed by atoms with Crippen LogP contribution in [0.1, 0.15) is 0 Å². The average molecular weight is 615 g/mol. The van der Waals surface area contributed by atoms with Crippen LogP contribution < -0.4 is 28.4 Å². The number of anilines is 6. The largest absolute Gasteiger partial charge is 0.335 e. The highest BCUT2D eigenvalue weighted by atomic mass is 35.7. The summed E-state index contributed by atoms with van der Waals surface area (Å²) in [6.45, 7) is 0. The Bertz CT molecular complexity index is 1680. The van der Waals surface area contributed by atoms with Crippen LogP contribution in [0, 0.1) is 10.2 Å². The van der Waals surface area contributed by atoms with Crippen molar-refractivity contribution in [2.75, 3.05) is 9.80 Å². The minimum atomic E-state index is -4.94. The van der Waals surface area contributed by atoms with Crippen LogP contribution in [0.25, 0.3) is 20.7 Å². The number of rotatable bonds is 6. The maximum absolute atomic E-state index is 8.49. The summed E-state index contributed by atoms with van der Waals surface area (Å²) in [7, 11) is -4.94. The number of nitrogens with zero attached hydrogens (tertiary/aromatic N) is 4. The summed E-state index contributed by atoms with van der Waals surface area (Å²) in [6.07, 6.45) is 0. The molecular formula is C30H21ClN5O4S2-. The molecule has 0 saturated heterocycles. The Morgan fingerprint density at radius 3 is 1.00 bits per heavy atom. The van der Waals surface area contributed by atoms with Crippen LogP contribution in [0.5, 0.6) is 0 Å². The zero-order valence-electron chi connectivity index (χ0n) is 21.7. The molecule has 12 heteroatoms. The fourth-order valence-corrected chi connectivity index (χ4v) is 6.54. The summed E-state index contributed by atoms with van der Waals surface area (Å²) < 4.78 is 34.0. The third-order valence-corrected chi connectivity index (χ3v) is 8.04. The molecule has 1 N–H and O–H groups in total. The molecule has 0 aliphatic rings. The molecule has 210 valence electrons. The third kappa shape index (κ3) is 6.12. The molecule has 0 amide bonds. The van der Waals surface area contributed by atoms with Crippen LogP contribution in [-0.2, 0) is 0 Å². The average Bonchev–Trinajstić information content (AvgIpc) is 3.66. The van der Waals surface area contributed by atoms with E-state index in [1.807, 2.05) is 24.3 Å². The van der Waals surface area contributed by atoms with Gasteiger partial charge in [-0.05, 0) is 48.5 Å². The van der Waals surface area contributed by atoms with E-state index >= 15 is 0 Å². The Hall–Kier alpha value is -4.33. The topological polar surface area (TPSA) is 140 Å². The second kappa shape index (κ2) is 11.9. The van der Waals surface area contributed by atoms with E-state index in [2.05, 4.69) is 112 Å². The summed E-state index contributed by atoms with van der Waals surface area (Å²) >= 11 is 3.29. The van der Waals surface area contributed by atoms with Crippen molar-refractivity contribution in [1.82, 2.24) is 15.0 Å². The summed E-state index contributed by atoms with van der Waals surface area (Å²) in [5.41, 5.74) is 6.07. The van der Waals surface area contributed by atoms with E-state index in [1.54, 1.807) is 22.7 Å². The zero-order valence-corrected chi connectivity index (χ0v) is 24.1. The highest BCUT2D eigenvalue weighted by molar-refractivity contribution is 7.24. The predicted octanol–water partition coefficient (Wildman–Crippen LogP) is 4.42. The molecule has 0 atom stereocenters. The molecule has 0 fully saturated rings. The van der Waals surface area contributed by atoms with E-state index in [1.165, 1.54) is 0 Å². The van der Waals surface area contributed by atoms with Crippen molar-refractivity contribution in [3.05, 3.63) is 121 Å². The Morgan fingerprint density at radius 2 is 0.738 bits per heavy atom. The second-order valence-electron chi connectivity index (χ2n) is 8.86. The van der Waals surface area contributed by atoms with Crippen molar-refractivity contribution in [2.24, 2.45) is 0 Å². The first kappa shape index (κ1) is 27.8. The van der Waals surface area contributed by atoms with Gasteiger partial charge in [0.1, 0.15) is 20.7 Å². The van der Waals surface area contributed by atoms with Gasteiger partial charge in [0.05, 0.1) is 0 Å². The van der Waals surface area contributed by atoms with Gasteiger partial charge in [-0.15, -0.1) is 10.2 Å². The molecule has 0 aliphatic carbocycles. The SMILES string of the molecule is [O-][Cl+3]([O-])([O-])[O-].c1ccc(N(c2ccccc2)c2nc3c([nH]c4sc(N(c5ccccc5)c5ccccc5)nc43)s2)cc1. The van der Waals surface area contributed by atoms with Gasteiger partial charge in [0.2, 0.25) is 0 Å². The number of hydrogen-bond donors (Lipinski definition) is 1. The molecule has 0 radical (unpaired) electrons.